The van der Waals surface area contributed by atoms with Crippen LogP contribution in [0.15, 0.2) is 36.5 Å². The molecule has 1 unspecified atom stereocenters. The van der Waals surface area contributed by atoms with Gasteiger partial charge >= 0.3 is 0 Å². The smallest absolute Gasteiger partial charge is 0.298 e. The van der Waals surface area contributed by atoms with Crippen molar-refractivity contribution in [2.45, 2.75) is 13.0 Å². The molecule has 1 aliphatic heterocycles. The molecule has 8 nitrogen and oxygen atoms in total. The topological polar surface area (TPSA) is 87.4 Å². The van der Waals surface area contributed by atoms with Crippen LogP contribution in [0.1, 0.15) is 29.0 Å². The molecule has 1 saturated heterocycles. The maximum atomic E-state index is 12.8. The zero-order chi connectivity index (χ0) is 19.0. The molecular weight excluding hydrogens is 344 g/mol. The van der Waals surface area contributed by atoms with Crippen molar-refractivity contribution in [3.63, 3.8) is 0 Å². The quantitative estimate of drug-likeness (QED) is 0.756. The van der Waals surface area contributed by atoms with Gasteiger partial charge in [0, 0.05) is 26.2 Å². The molecule has 4 rings (SSSR count). The summed E-state index contributed by atoms with van der Waals surface area (Å²) in [6.45, 7) is 4.96. The van der Waals surface area contributed by atoms with Gasteiger partial charge in [-0.2, -0.15) is 4.98 Å². The number of aromatic nitrogens is 4. The maximum Gasteiger partial charge on any atom is 0.298 e. The van der Waals surface area contributed by atoms with Gasteiger partial charge in [-0.1, -0.05) is 30.3 Å². The third-order valence-electron chi connectivity index (χ3n) is 5.06. The van der Waals surface area contributed by atoms with E-state index in [0.717, 1.165) is 18.7 Å². The second kappa shape index (κ2) is 6.96. The van der Waals surface area contributed by atoms with Crippen LogP contribution >= 0.6 is 0 Å². The molecule has 1 aliphatic rings. The van der Waals surface area contributed by atoms with E-state index < -0.39 is 0 Å². The molecule has 8 heteroatoms. The second-order valence-corrected chi connectivity index (χ2v) is 6.87. The Balaban J connectivity index is 1.70. The molecule has 140 valence electrons. The van der Waals surface area contributed by atoms with Gasteiger partial charge in [0.25, 0.3) is 11.9 Å². The standard InChI is InChI=1S/C19H22N6O2/c1-13(14-6-4-3-5-7-14)25-17-16(22-19(25)27)20-12-15(21-17)18(26)24-10-8-23(2)9-11-24/h3-7,12-13H,8-11H2,1-2H3,(H,20,22,27). The minimum atomic E-state index is -0.195. The number of rotatable bonds is 3. The first-order chi connectivity index (χ1) is 13.0. The lowest BCUT2D eigenvalue weighted by Gasteiger charge is -2.32. The molecule has 27 heavy (non-hydrogen) atoms. The number of likely N-dealkylation sites (N-methyl/N-ethyl adjacent to an activating group) is 1. The summed E-state index contributed by atoms with van der Waals surface area (Å²) < 4.78 is 1.61. The number of aromatic hydroxyl groups is 1. The van der Waals surface area contributed by atoms with Crippen molar-refractivity contribution in [1.29, 1.82) is 0 Å². The summed E-state index contributed by atoms with van der Waals surface area (Å²) in [5, 5.41) is 10.3. The van der Waals surface area contributed by atoms with E-state index in [-0.39, 0.29) is 23.7 Å². The number of hydrogen-bond acceptors (Lipinski definition) is 6. The van der Waals surface area contributed by atoms with E-state index in [2.05, 4.69) is 19.9 Å². The van der Waals surface area contributed by atoms with Gasteiger partial charge in [-0.3, -0.25) is 9.36 Å². The molecule has 1 aromatic carbocycles. The lowest BCUT2D eigenvalue weighted by atomic mass is 10.1. The van der Waals surface area contributed by atoms with Crippen molar-refractivity contribution in [2.75, 3.05) is 33.2 Å². The molecule has 0 aliphatic carbocycles. The highest BCUT2D eigenvalue weighted by molar-refractivity contribution is 5.93. The molecule has 2 aromatic heterocycles. The van der Waals surface area contributed by atoms with Crippen LogP contribution < -0.4 is 0 Å². The number of carbonyl (C=O) groups is 1. The number of nitrogens with zero attached hydrogens (tertiary/aromatic N) is 6. The summed E-state index contributed by atoms with van der Waals surface area (Å²) in [5.41, 5.74) is 2.01. The normalized spacial score (nSPS) is 16.6. The number of fused-ring (bicyclic) bond motifs is 1. The fraction of sp³-hybridized carbons (Fsp3) is 0.368. The van der Waals surface area contributed by atoms with Gasteiger partial charge < -0.3 is 14.9 Å². The fourth-order valence-corrected chi connectivity index (χ4v) is 3.37. The van der Waals surface area contributed by atoms with Crippen molar-refractivity contribution < 1.29 is 9.90 Å². The maximum absolute atomic E-state index is 12.8. The van der Waals surface area contributed by atoms with Crippen LogP contribution in [0.2, 0.25) is 0 Å². The molecular formula is C19H22N6O2. The number of hydrogen-bond donors (Lipinski definition) is 1. The molecule has 1 amide bonds. The van der Waals surface area contributed by atoms with E-state index in [1.54, 1.807) is 9.47 Å². The van der Waals surface area contributed by atoms with E-state index in [1.807, 2.05) is 44.3 Å². The second-order valence-electron chi connectivity index (χ2n) is 6.87. The van der Waals surface area contributed by atoms with E-state index in [9.17, 15) is 9.90 Å². The van der Waals surface area contributed by atoms with Crippen LogP contribution in [-0.2, 0) is 0 Å². The monoisotopic (exact) mass is 366 g/mol. The Labute approximate surface area is 157 Å². The van der Waals surface area contributed by atoms with E-state index in [0.29, 0.717) is 24.4 Å². The Hall–Kier alpha value is -3.00. The summed E-state index contributed by atoms with van der Waals surface area (Å²) in [4.78, 5) is 29.7. The predicted molar refractivity (Wildman–Crippen MR) is 101 cm³/mol. The zero-order valence-corrected chi connectivity index (χ0v) is 15.4. The first-order valence-corrected chi connectivity index (χ1v) is 9.01. The number of piperazine rings is 1. The zero-order valence-electron chi connectivity index (χ0n) is 15.4. The lowest BCUT2D eigenvalue weighted by Crippen LogP contribution is -2.47. The molecule has 0 spiro atoms. The van der Waals surface area contributed by atoms with E-state index in [1.165, 1.54) is 6.20 Å². The van der Waals surface area contributed by atoms with Crippen molar-refractivity contribution in [3.05, 3.63) is 47.8 Å². The van der Waals surface area contributed by atoms with Gasteiger partial charge in [-0.25, -0.2) is 9.97 Å². The van der Waals surface area contributed by atoms with E-state index >= 15 is 0 Å². The number of imidazole rings is 1. The minimum absolute atomic E-state index is 0.142. The van der Waals surface area contributed by atoms with Gasteiger partial charge in [0.15, 0.2) is 5.65 Å². The van der Waals surface area contributed by atoms with Crippen LogP contribution in [0.3, 0.4) is 0 Å². The van der Waals surface area contributed by atoms with Crippen LogP contribution in [0, 0.1) is 0 Å². The van der Waals surface area contributed by atoms with Crippen molar-refractivity contribution in [1.82, 2.24) is 29.3 Å². The Morgan fingerprint density at radius 2 is 1.81 bits per heavy atom. The fourth-order valence-electron chi connectivity index (χ4n) is 3.37. The Kier molecular flexibility index (Phi) is 4.49. The molecule has 0 saturated carbocycles. The first-order valence-electron chi connectivity index (χ1n) is 9.01. The van der Waals surface area contributed by atoms with Crippen molar-refractivity contribution >= 4 is 17.2 Å². The summed E-state index contributed by atoms with van der Waals surface area (Å²) in [5.74, 6) is -0.142. The molecule has 1 N–H and O–H groups in total. The Morgan fingerprint density at radius 3 is 2.52 bits per heavy atom. The Morgan fingerprint density at radius 1 is 1.11 bits per heavy atom. The van der Waals surface area contributed by atoms with Crippen LogP contribution in [0.4, 0.5) is 0 Å². The molecule has 0 bridgehead atoms. The Bertz CT molecular complexity index is 963. The molecule has 3 heterocycles. The van der Waals surface area contributed by atoms with Gasteiger partial charge in [0.1, 0.15) is 5.69 Å². The first kappa shape index (κ1) is 17.4. The third kappa shape index (κ3) is 3.23. The predicted octanol–water partition coefficient (Wildman–Crippen LogP) is 1.53. The largest absolute Gasteiger partial charge is 0.480 e. The molecule has 1 atom stereocenters. The highest BCUT2D eigenvalue weighted by Gasteiger charge is 2.24. The summed E-state index contributed by atoms with van der Waals surface area (Å²) in [6.07, 6.45) is 1.44. The average Bonchev–Trinajstić information content (AvgIpc) is 3.03. The van der Waals surface area contributed by atoms with Crippen LogP contribution in [0.25, 0.3) is 11.3 Å². The molecule has 1 fully saturated rings. The van der Waals surface area contributed by atoms with Gasteiger partial charge in [-0.05, 0) is 19.5 Å². The van der Waals surface area contributed by atoms with Crippen LogP contribution in [-0.4, -0.2) is 73.6 Å². The summed E-state index contributed by atoms with van der Waals surface area (Å²) >= 11 is 0. The molecule has 3 aromatic rings. The van der Waals surface area contributed by atoms with Crippen LogP contribution in [0.5, 0.6) is 6.01 Å². The molecule has 0 radical (unpaired) electrons. The van der Waals surface area contributed by atoms with Crippen molar-refractivity contribution in [3.8, 4) is 6.01 Å². The van der Waals surface area contributed by atoms with E-state index in [4.69, 9.17) is 0 Å². The lowest BCUT2D eigenvalue weighted by molar-refractivity contribution is 0.0658. The van der Waals surface area contributed by atoms with Gasteiger partial charge in [0.05, 0.1) is 12.2 Å². The number of benzene rings is 1. The van der Waals surface area contributed by atoms with Gasteiger partial charge in [0.2, 0.25) is 5.65 Å². The van der Waals surface area contributed by atoms with Crippen molar-refractivity contribution in [2.24, 2.45) is 0 Å². The average molecular weight is 366 g/mol. The number of carbonyl (C=O) groups excluding carboxylic acids is 1. The summed E-state index contributed by atoms with van der Waals surface area (Å²) in [7, 11) is 2.04. The summed E-state index contributed by atoms with van der Waals surface area (Å²) in [6, 6.07) is 9.41. The SMILES string of the molecule is CC(c1ccccc1)n1c(O)nc2ncc(C(=O)N3CCN(C)CC3)nc21. The van der Waals surface area contributed by atoms with Gasteiger partial charge in [-0.15, -0.1) is 0 Å². The highest BCUT2D eigenvalue weighted by Crippen LogP contribution is 2.27. The number of amides is 1. The minimum Gasteiger partial charge on any atom is -0.480 e. The highest BCUT2D eigenvalue weighted by atomic mass is 16.3. The third-order valence-corrected chi connectivity index (χ3v) is 5.06.